The van der Waals surface area contributed by atoms with Crippen LogP contribution in [-0.4, -0.2) is 17.3 Å². The number of aliphatic hydroxyl groups is 1. The first kappa shape index (κ1) is 13.4. The van der Waals surface area contributed by atoms with Crippen molar-refractivity contribution in [3.63, 3.8) is 0 Å². The summed E-state index contributed by atoms with van der Waals surface area (Å²) in [4.78, 5) is 0. The van der Waals surface area contributed by atoms with E-state index in [0.717, 1.165) is 43.4 Å². The molecule has 0 saturated heterocycles. The van der Waals surface area contributed by atoms with Gasteiger partial charge in [-0.05, 0) is 31.7 Å². The van der Waals surface area contributed by atoms with Crippen LogP contribution in [0.4, 0.5) is 0 Å². The van der Waals surface area contributed by atoms with Gasteiger partial charge in [0.15, 0.2) is 0 Å². The molecule has 1 aromatic carbocycles. The lowest BCUT2D eigenvalue weighted by Gasteiger charge is -2.29. The number of hydrogen-bond donors (Lipinski definition) is 2. The lowest BCUT2D eigenvalue weighted by Crippen LogP contribution is -2.35. The molecule has 3 nitrogen and oxygen atoms in total. The summed E-state index contributed by atoms with van der Waals surface area (Å²) >= 11 is 0. The van der Waals surface area contributed by atoms with Crippen LogP contribution < -0.4 is 10.5 Å². The van der Waals surface area contributed by atoms with Crippen LogP contribution in [0, 0.1) is 0 Å². The molecule has 3 heteroatoms. The Balaban J connectivity index is 2.12. The molecule has 0 aromatic heterocycles. The minimum absolute atomic E-state index is 0.00179. The van der Waals surface area contributed by atoms with Gasteiger partial charge in [0.25, 0.3) is 0 Å². The predicted octanol–water partition coefficient (Wildman–Crippen LogP) is 2.78. The Labute approximate surface area is 109 Å². The van der Waals surface area contributed by atoms with Crippen LogP contribution in [-0.2, 0) is 0 Å². The van der Waals surface area contributed by atoms with Crippen LogP contribution in [0.25, 0.3) is 0 Å². The van der Waals surface area contributed by atoms with Crippen LogP contribution in [0.2, 0.25) is 0 Å². The predicted molar refractivity (Wildman–Crippen MR) is 72.6 cm³/mol. The molecule has 1 aliphatic rings. The van der Waals surface area contributed by atoms with E-state index in [0.29, 0.717) is 0 Å². The topological polar surface area (TPSA) is 55.5 Å². The molecule has 2 unspecified atom stereocenters. The number of benzene rings is 1. The molecule has 3 N–H and O–H groups in total. The Morgan fingerprint density at radius 2 is 2.06 bits per heavy atom. The Bertz CT molecular complexity index is 381. The molecule has 3 atom stereocenters. The van der Waals surface area contributed by atoms with Gasteiger partial charge in [0, 0.05) is 11.6 Å². The third kappa shape index (κ3) is 3.03. The molecule has 0 spiro atoms. The van der Waals surface area contributed by atoms with Gasteiger partial charge in [-0.3, -0.25) is 0 Å². The quantitative estimate of drug-likeness (QED) is 0.862. The number of aliphatic hydroxyl groups excluding tert-OH is 1. The summed E-state index contributed by atoms with van der Waals surface area (Å²) in [7, 11) is 0. The highest BCUT2D eigenvalue weighted by molar-refractivity contribution is 5.36. The smallest absolute Gasteiger partial charge is 0.124 e. The van der Waals surface area contributed by atoms with Gasteiger partial charge in [0.1, 0.15) is 11.9 Å². The zero-order valence-corrected chi connectivity index (χ0v) is 11.0. The van der Waals surface area contributed by atoms with E-state index in [1.54, 1.807) is 0 Å². The van der Waals surface area contributed by atoms with Crippen molar-refractivity contribution in [1.29, 1.82) is 0 Å². The fraction of sp³-hybridized carbons (Fsp3) is 0.600. The highest BCUT2D eigenvalue weighted by Gasteiger charge is 2.25. The lowest BCUT2D eigenvalue weighted by molar-refractivity contribution is 0.00623. The number of hydrogen-bond acceptors (Lipinski definition) is 3. The van der Waals surface area contributed by atoms with Crippen LogP contribution in [0.1, 0.15) is 50.6 Å². The molecular weight excluding hydrogens is 226 g/mol. The SMILES string of the molecule is CC[C@H](N)c1ccccc1OC1CCCCC1O. The summed E-state index contributed by atoms with van der Waals surface area (Å²) in [5.41, 5.74) is 7.13. The highest BCUT2D eigenvalue weighted by atomic mass is 16.5. The molecule has 0 radical (unpaired) electrons. The summed E-state index contributed by atoms with van der Waals surface area (Å²) in [6, 6.07) is 7.90. The summed E-state index contributed by atoms with van der Waals surface area (Å²) in [5.74, 6) is 0.831. The van der Waals surface area contributed by atoms with E-state index in [4.69, 9.17) is 10.5 Å². The molecular formula is C15H23NO2. The van der Waals surface area contributed by atoms with E-state index >= 15 is 0 Å². The Morgan fingerprint density at radius 1 is 1.33 bits per heavy atom. The van der Waals surface area contributed by atoms with Crippen LogP contribution >= 0.6 is 0 Å². The number of nitrogens with two attached hydrogens (primary N) is 1. The zero-order chi connectivity index (χ0) is 13.0. The van der Waals surface area contributed by atoms with E-state index < -0.39 is 0 Å². The third-order valence-corrected chi connectivity index (χ3v) is 3.70. The van der Waals surface area contributed by atoms with Crippen LogP contribution in [0.15, 0.2) is 24.3 Å². The Kier molecular flexibility index (Phi) is 4.61. The summed E-state index contributed by atoms with van der Waals surface area (Å²) in [6.07, 6.45) is 4.45. The molecule has 1 aromatic rings. The second-order valence-corrected chi connectivity index (χ2v) is 5.06. The van der Waals surface area contributed by atoms with Crippen LogP contribution in [0.5, 0.6) is 5.75 Å². The average molecular weight is 249 g/mol. The molecule has 0 bridgehead atoms. The monoisotopic (exact) mass is 249 g/mol. The van der Waals surface area contributed by atoms with Crippen LogP contribution in [0.3, 0.4) is 0 Å². The van der Waals surface area contributed by atoms with Gasteiger partial charge in [-0.2, -0.15) is 0 Å². The fourth-order valence-electron chi connectivity index (χ4n) is 2.49. The fourth-order valence-corrected chi connectivity index (χ4v) is 2.49. The van der Waals surface area contributed by atoms with Gasteiger partial charge in [-0.1, -0.05) is 31.5 Å². The first-order valence-corrected chi connectivity index (χ1v) is 6.91. The molecule has 1 fully saturated rings. The van der Waals surface area contributed by atoms with E-state index in [2.05, 4.69) is 6.92 Å². The average Bonchev–Trinajstić information content (AvgIpc) is 2.41. The Hall–Kier alpha value is -1.06. The van der Waals surface area contributed by atoms with Gasteiger partial charge in [0.05, 0.1) is 6.10 Å². The number of para-hydroxylation sites is 1. The van der Waals surface area contributed by atoms with E-state index in [1.165, 1.54) is 0 Å². The molecule has 100 valence electrons. The van der Waals surface area contributed by atoms with E-state index in [9.17, 15) is 5.11 Å². The lowest BCUT2D eigenvalue weighted by atomic mass is 9.94. The van der Waals surface area contributed by atoms with Gasteiger partial charge < -0.3 is 15.6 Å². The minimum atomic E-state index is -0.343. The third-order valence-electron chi connectivity index (χ3n) is 3.70. The molecule has 2 rings (SSSR count). The largest absolute Gasteiger partial charge is 0.487 e. The van der Waals surface area contributed by atoms with Gasteiger partial charge in [0.2, 0.25) is 0 Å². The normalized spacial score (nSPS) is 25.7. The van der Waals surface area contributed by atoms with Crippen molar-refractivity contribution in [1.82, 2.24) is 0 Å². The maximum Gasteiger partial charge on any atom is 0.124 e. The number of rotatable bonds is 4. The molecule has 0 aliphatic heterocycles. The summed E-state index contributed by atoms with van der Waals surface area (Å²) in [5, 5.41) is 9.96. The molecule has 1 saturated carbocycles. The summed E-state index contributed by atoms with van der Waals surface area (Å²) in [6.45, 7) is 2.07. The standard InChI is InChI=1S/C15H23NO2/c1-2-12(16)11-7-3-5-9-14(11)18-15-10-6-4-8-13(15)17/h3,5,7,9,12-13,15,17H,2,4,6,8,10,16H2,1H3/t12-,13?,15?/m0/s1. The Morgan fingerprint density at radius 3 is 2.78 bits per heavy atom. The van der Waals surface area contributed by atoms with Crippen molar-refractivity contribution < 1.29 is 9.84 Å². The van der Waals surface area contributed by atoms with Crippen molar-refractivity contribution in [2.45, 2.75) is 57.3 Å². The molecule has 0 heterocycles. The second kappa shape index (κ2) is 6.21. The van der Waals surface area contributed by atoms with Crippen molar-refractivity contribution >= 4 is 0 Å². The number of ether oxygens (including phenoxy) is 1. The maximum absolute atomic E-state index is 9.96. The van der Waals surface area contributed by atoms with E-state index in [1.807, 2.05) is 24.3 Å². The zero-order valence-electron chi connectivity index (χ0n) is 11.0. The first-order chi connectivity index (χ1) is 8.72. The molecule has 0 amide bonds. The second-order valence-electron chi connectivity index (χ2n) is 5.06. The van der Waals surface area contributed by atoms with Crippen molar-refractivity contribution in [3.05, 3.63) is 29.8 Å². The highest BCUT2D eigenvalue weighted by Crippen LogP contribution is 2.29. The van der Waals surface area contributed by atoms with Crippen molar-refractivity contribution in [3.8, 4) is 5.75 Å². The van der Waals surface area contributed by atoms with Gasteiger partial charge in [-0.15, -0.1) is 0 Å². The first-order valence-electron chi connectivity index (χ1n) is 6.91. The summed E-state index contributed by atoms with van der Waals surface area (Å²) < 4.78 is 5.99. The minimum Gasteiger partial charge on any atom is -0.487 e. The maximum atomic E-state index is 9.96. The van der Waals surface area contributed by atoms with Gasteiger partial charge >= 0.3 is 0 Å². The van der Waals surface area contributed by atoms with E-state index in [-0.39, 0.29) is 18.2 Å². The van der Waals surface area contributed by atoms with Gasteiger partial charge in [-0.25, -0.2) is 0 Å². The molecule has 1 aliphatic carbocycles. The van der Waals surface area contributed by atoms with Crippen molar-refractivity contribution in [2.75, 3.05) is 0 Å². The molecule has 18 heavy (non-hydrogen) atoms. The van der Waals surface area contributed by atoms with Crippen molar-refractivity contribution in [2.24, 2.45) is 5.73 Å².